The molecule has 3 rings (SSSR count). The lowest BCUT2D eigenvalue weighted by Gasteiger charge is -2.09. The van der Waals surface area contributed by atoms with Gasteiger partial charge in [-0.1, -0.05) is 12.1 Å². The number of anilines is 2. The number of aryl methyl sites for hydroxylation is 1. The molecule has 0 aliphatic carbocycles. The zero-order valence-electron chi connectivity index (χ0n) is 14.3. The van der Waals surface area contributed by atoms with Gasteiger partial charge in [0.25, 0.3) is 5.91 Å². The Morgan fingerprint density at radius 3 is 2.24 bits per heavy atom. The molecule has 0 fully saturated rings. The second-order valence-corrected chi connectivity index (χ2v) is 5.70. The monoisotopic (exact) mass is 337 g/mol. The summed E-state index contributed by atoms with van der Waals surface area (Å²) in [4.78, 5) is 23.7. The highest BCUT2D eigenvalue weighted by Crippen LogP contribution is 2.28. The number of carbonyl (C=O) groups excluding carboxylic acids is 2. The molecule has 0 spiro atoms. The van der Waals surface area contributed by atoms with Crippen molar-refractivity contribution in [3.05, 3.63) is 54.2 Å². The highest BCUT2D eigenvalue weighted by molar-refractivity contribution is 6.07. The molecule has 0 unspecified atom stereocenters. The van der Waals surface area contributed by atoms with E-state index >= 15 is 0 Å². The number of benzene rings is 2. The Balaban J connectivity index is 1.85. The van der Waals surface area contributed by atoms with Crippen molar-refractivity contribution in [3.8, 4) is 5.75 Å². The minimum absolute atomic E-state index is 0.138. The Kier molecular flexibility index (Phi) is 4.43. The van der Waals surface area contributed by atoms with Gasteiger partial charge in [0.2, 0.25) is 5.91 Å². The van der Waals surface area contributed by atoms with Crippen LogP contribution in [0.15, 0.2) is 48.5 Å². The van der Waals surface area contributed by atoms with E-state index in [4.69, 9.17) is 4.74 Å². The molecule has 128 valence electrons. The lowest BCUT2D eigenvalue weighted by Crippen LogP contribution is -2.15. The van der Waals surface area contributed by atoms with Crippen molar-refractivity contribution >= 4 is 34.1 Å². The lowest BCUT2D eigenvalue weighted by atomic mass is 10.2. The summed E-state index contributed by atoms with van der Waals surface area (Å²) in [7, 11) is 3.44. The van der Waals surface area contributed by atoms with Gasteiger partial charge in [-0.05, 0) is 36.4 Å². The smallest absolute Gasteiger partial charge is 0.272 e. The number of aromatic nitrogens is 1. The van der Waals surface area contributed by atoms with Crippen molar-refractivity contribution in [1.82, 2.24) is 4.57 Å². The first kappa shape index (κ1) is 16.6. The van der Waals surface area contributed by atoms with Gasteiger partial charge in [-0.25, -0.2) is 0 Å². The molecule has 2 amide bonds. The minimum Gasteiger partial charge on any atom is -0.495 e. The molecule has 3 aromatic rings. The van der Waals surface area contributed by atoms with Gasteiger partial charge in [0.05, 0.1) is 12.6 Å². The Morgan fingerprint density at radius 2 is 1.64 bits per heavy atom. The molecule has 1 heterocycles. The van der Waals surface area contributed by atoms with E-state index in [9.17, 15) is 9.59 Å². The summed E-state index contributed by atoms with van der Waals surface area (Å²) in [5.41, 5.74) is 2.73. The maximum atomic E-state index is 12.6. The fraction of sp³-hybridized carbons (Fsp3) is 0.158. The van der Waals surface area contributed by atoms with Crippen molar-refractivity contribution in [1.29, 1.82) is 0 Å². The maximum absolute atomic E-state index is 12.6. The molecule has 0 saturated heterocycles. The molecule has 0 aliphatic heterocycles. The van der Waals surface area contributed by atoms with Crippen LogP contribution in [-0.4, -0.2) is 23.5 Å². The van der Waals surface area contributed by atoms with Crippen molar-refractivity contribution in [2.45, 2.75) is 6.92 Å². The zero-order valence-corrected chi connectivity index (χ0v) is 14.3. The highest BCUT2D eigenvalue weighted by Gasteiger charge is 2.16. The van der Waals surface area contributed by atoms with Crippen LogP contribution in [0.5, 0.6) is 5.75 Å². The lowest BCUT2D eigenvalue weighted by molar-refractivity contribution is -0.114. The van der Waals surface area contributed by atoms with Crippen LogP contribution in [0.2, 0.25) is 0 Å². The molecule has 6 nitrogen and oxygen atoms in total. The van der Waals surface area contributed by atoms with Crippen LogP contribution in [0.4, 0.5) is 11.4 Å². The number of para-hydroxylation sites is 1. The summed E-state index contributed by atoms with van der Waals surface area (Å²) in [6.07, 6.45) is 0. The van der Waals surface area contributed by atoms with E-state index in [1.54, 1.807) is 31.4 Å². The number of hydrogen-bond donors (Lipinski definition) is 2. The second-order valence-electron chi connectivity index (χ2n) is 5.70. The van der Waals surface area contributed by atoms with Crippen LogP contribution >= 0.6 is 0 Å². The van der Waals surface area contributed by atoms with Gasteiger partial charge in [-0.15, -0.1) is 0 Å². The molecule has 25 heavy (non-hydrogen) atoms. The Labute approximate surface area is 145 Å². The molecule has 0 radical (unpaired) electrons. The first-order valence-electron chi connectivity index (χ1n) is 7.81. The van der Waals surface area contributed by atoms with E-state index in [2.05, 4.69) is 10.6 Å². The van der Waals surface area contributed by atoms with Crippen LogP contribution in [0, 0.1) is 0 Å². The average Bonchev–Trinajstić information content (AvgIpc) is 2.93. The summed E-state index contributed by atoms with van der Waals surface area (Å²) in [5.74, 6) is 0.368. The van der Waals surface area contributed by atoms with Crippen LogP contribution in [0.25, 0.3) is 10.9 Å². The number of fused-ring (bicyclic) bond motifs is 1. The van der Waals surface area contributed by atoms with Crippen LogP contribution in [-0.2, 0) is 11.8 Å². The summed E-state index contributed by atoms with van der Waals surface area (Å²) in [6, 6.07) is 14.5. The quantitative estimate of drug-likeness (QED) is 0.766. The highest BCUT2D eigenvalue weighted by atomic mass is 16.5. The van der Waals surface area contributed by atoms with E-state index in [0.29, 0.717) is 17.1 Å². The molecule has 2 N–H and O–H groups in total. The van der Waals surface area contributed by atoms with Crippen molar-refractivity contribution in [2.75, 3.05) is 17.7 Å². The predicted octanol–water partition coefficient (Wildman–Crippen LogP) is 3.40. The van der Waals surface area contributed by atoms with E-state index in [1.165, 1.54) is 6.92 Å². The van der Waals surface area contributed by atoms with Gasteiger partial charge in [-0.2, -0.15) is 0 Å². The molecule has 2 aromatic carbocycles. The van der Waals surface area contributed by atoms with Gasteiger partial charge in [0, 0.05) is 30.7 Å². The number of rotatable bonds is 4. The molecule has 0 saturated carbocycles. The van der Waals surface area contributed by atoms with Gasteiger partial charge in [0.1, 0.15) is 11.4 Å². The maximum Gasteiger partial charge on any atom is 0.272 e. The number of amides is 2. The van der Waals surface area contributed by atoms with Crippen LogP contribution in [0.3, 0.4) is 0 Å². The summed E-state index contributed by atoms with van der Waals surface area (Å²) < 4.78 is 7.19. The number of nitrogens with one attached hydrogen (secondary N) is 2. The Bertz CT molecular complexity index is 942. The number of ether oxygens (including phenoxy) is 1. The summed E-state index contributed by atoms with van der Waals surface area (Å²) in [6.45, 7) is 1.45. The third kappa shape index (κ3) is 3.33. The zero-order chi connectivity index (χ0) is 18.0. The van der Waals surface area contributed by atoms with Gasteiger partial charge in [-0.3, -0.25) is 9.59 Å². The van der Waals surface area contributed by atoms with E-state index < -0.39 is 0 Å². The summed E-state index contributed by atoms with van der Waals surface area (Å²) >= 11 is 0. The predicted molar refractivity (Wildman–Crippen MR) is 98.2 cm³/mol. The van der Waals surface area contributed by atoms with Crippen molar-refractivity contribution in [3.63, 3.8) is 0 Å². The standard InChI is InChI=1S/C19H19N3O3/c1-12(23)20-14-7-9-15(10-8-14)21-19(24)16-11-13-5-4-6-17(25-3)18(13)22(16)2/h4-11H,1-3H3,(H,20,23)(H,21,24). The number of hydrogen-bond acceptors (Lipinski definition) is 3. The number of nitrogens with zero attached hydrogens (tertiary/aromatic N) is 1. The molecule has 0 bridgehead atoms. The second kappa shape index (κ2) is 6.68. The fourth-order valence-electron chi connectivity index (χ4n) is 2.80. The van der Waals surface area contributed by atoms with Crippen LogP contribution < -0.4 is 15.4 Å². The topological polar surface area (TPSA) is 72.4 Å². The average molecular weight is 337 g/mol. The number of carbonyl (C=O) groups is 2. The van der Waals surface area contributed by atoms with Crippen molar-refractivity contribution in [2.24, 2.45) is 7.05 Å². The van der Waals surface area contributed by atoms with E-state index in [1.807, 2.05) is 35.9 Å². The number of methoxy groups -OCH3 is 1. The first-order chi connectivity index (χ1) is 12.0. The Morgan fingerprint density at radius 1 is 1.00 bits per heavy atom. The molecule has 1 aromatic heterocycles. The van der Waals surface area contributed by atoms with Gasteiger partial charge >= 0.3 is 0 Å². The Hall–Kier alpha value is -3.28. The largest absolute Gasteiger partial charge is 0.495 e. The SMILES string of the molecule is COc1cccc2cc(C(=O)Nc3ccc(NC(C)=O)cc3)n(C)c12. The molecule has 0 aliphatic rings. The first-order valence-corrected chi connectivity index (χ1v) is 7.81. The van der Waals surface area contributed by atoms with E-state index in [-0.39, 0.29) is 11.8 Å². The third-order valence-electron chi connectivity index (χ3n) is 3.93. The van der Waals surface area contributed by atoms with Crippen LogP contribution in [0.1, 0.15) is 17.4 Å². The molecule has 6 heteroatoms. The molecular formula is C19H19N3O3. The normalized spacial score (nSPS) is 10.5. The van der Waals surface area contributed by atoms with Gasteiger partial charge in [0.15, 0.2) is 0 Å². The van der Waals surface area contributed by atoms with Crippen molar-refractivity contribution < 1.29 is 14.3 Å². The summed E-state index contributed by atoms with van der Waals surface area (Å²) in [5, 5.41) is 6.49. The third-order valence-corrected chi connectivity index (χ3v) is 3.93. The minimum atomic E-state index is -0.215. The van der Waals surface area contributed by atoms with Gasteiger partial charge < -0.3 is 19.9 Å². The molecular weight excluding hydrogens is 318 g/mol. The van der Waals surface area contributed by atoms with E-state index in [0.717, 1.165) is 16.7 Å². The fourth-order valence-corrected chi connectivity index (χ4v) is 2.80. The molecule has 0 atom stereocenters.